The van der Waals surface area contributed by atoms with Crippen molar-refractivity contribution in [1.82, 2.24) is 25.8 Å². The lowest BCUT2D eigenvalue weighted by Crippen LogP contribution is -2.66. The third kappa shape index (κ3) is 7.56. The van der Waals surface area contributed by atoms with Crippen LogP contribution in [0.3, 0.4) is 0 Å². The molecule has 4 N–H and O–H groups in total. The highest BCUT2D eigenvalue weighted by Crippen LogP contribution is 2.34. The van der Waals surface area contributed by atoms with Crippen LogP contribution in [0, 0.1) is 17.3 Å². The molecule has 4 amide bonds. The predicted octanol–water partition coefficient (Wildman–Crippen LogP) is 3.69. The average molecular weight is 626 g/mol. The SMILES string of the molecule is C[C@H](C(=O)N[C@H](C(=O)N1C[C@H]2CCCN2C[C@H]1C(=O)N[C@@H]1CCOc2ccccc21)C1CCCCC1)C(NC(=O)O)C(C)(C)C. The molecule has 11 heteroatoms. The summed E-state index contributed by atoms with van der Waals surface area (Å²) in [4.78, 5) is 58.3. The highest BCUT2D eigenvalue weighted by Gasteiger charge is 2.46. The highest BCUT2D eigenvalue weighted by molar-refractivity contribution is 5.93. The number of amides is 4. The molecular formula is C34H51N5O6. The van der Waals surface area contributed by atoms with E-state index in [1.165, 1.54) is 0 Å². The Morgan fingerprint density at radius 2 is 1.69 bits per heavy atom. The molecule has 1 aromatic carbocycles. The Morgan fingerprint density at radius 3 is 2.40 bits per heavy atom. The second-order valence-electron chi connectivity index (χ2n) is 14.5. The lowest BCUT2D eigenvalue weighted by atomic mass is 9.78. The van der Waals surface area contributed by atoms with Crippen molar-refractivity contribution < 1.29 is 29.0 Å². The van der Waals surface area contributed by atoms with Crippen molar-refractivity contribution in [3.63, 3.8) is 0 Å². The number of benzene rings is 1. The Morgan fingerprint density at radius 1 is 0.956 bits per heavy atom. The van der Waals surface area contributed by atoms with Crippen LogP contribution >= 0.6 is 0 Å². The van der Waals surface area contributed by atoms with Gasteiger partial charge in [0.25, 0.3) is 0 Å². The molecule has 3 heterocycles. The summed E-state index contributed by atoms with van der Waals surface area (Å²) in [5, 5.41) is 18.4. The fourth-order valence-electron chi connectivity index (χ4n) is 7.93. The van der Waals surface area contributed by atoms with Gasteiger partial charge < -0.3 is 30.7 Å². The number of carbonyl (C=O) groups is 4. The normalized spacial score (nSPS) is 26.0. The summed E-state index contributed by atoms with van der Waals surface area (Å²) in [6, 6.07) is 5.60. The van der Waals surface area contributed by atoms with Crippen molar-refractivity contribution in [2.45, 2.75) is 109 Å². The first kappa shape index (κ1) is 33.0. The Labute approximate surface area is 266 Å². The van der Waals surface area contributed by atoms with Gasteiger partial charge in [-0.3, -0.25) is 19.3 Å². The summed E-state index contributed by atoms with van der Waals surface area (Å²) < 4.78 is 5.81. The minimum atomic E-state index is -1.19. The molecule has 1 unspecified atom stereocenters. The summed E-state index contributed by atoms with van der Waals surface area (Å²) in [6.45, 7) is 9.70. The van der Waals surface area contributed by atoms with Crippen LogP contribution in [0.15, 0.2) is 24.3 Å². The molecule has 11 nitrogen and oxygen atoms in total. The van der Waals surface area contributed by atoms with Gasteiger partial charge in [0.1, 0.15) is 17.8 Å². The molecule has 45 heavy (non-hydrogen) atoms. The minimum absolute atomic E-state index is 0.0457. The van der Waals surface area contributed by atoms with E-state index in [1.54, 1.807) is 11.8 Å². The van der Waals surface area contributed by atoms with E-state index in [9.17, 15) is 24.3 Å². The second-order valence-corrected chi connectivity index (χ2v) is 14.5. The van der Waals surface area contributed by atoms with Crippen molar-refractivity contribution in [1.29, 1.82) is 0 Å². The third-order valence-corrected chi connectivity index (χ3v) is 10.4. The van der Waals surface area contributed by atoms with Crippen LogP contribution < -0.4 is 20.7 Å². The molecule has 5 rings (SSSR count). The first-order chi connectivity index (χ1) is 21.4. The van der Waals surface area contributed by atoms with Gasteiger partial charge in [0, 0.05) is 37.2 Å². The number of hydrogen-bond acceptors (Lipinski definition) is 6. The Bertz CT molecular complexity index is 1240. The zero-order valence-corrected chi connectivity index (χ0v) is 27.2. The van der Waals surface area contributed by atoms with E-state index in [2.05, 4.69) is 20.9 Å². The molecule has 2 saturated heterocycles. The number of carbonyl (C=O) groups excluding carboxylic acids is 3. The van der Waals surface area contributed by atoms with Crippen molar-refractivity contribution in [2.75, 3.05) is 26.2 Å². The molecule has 248 valence electrons. The zero-order chi connectivity index (χ0) is 32.3. The number of piperazine rings is 1. The molecule has 0 spiro atoms. The summed E-state index contributed by atoms with van der Waals surface area (Å²) in [5.74, 6) is -0.733. The van der Waals surface area contributed by atoms with Gasteiger partial charge in [0.15, 0.2) is 0 Å². The van der Waals surface area contributed by atoms with Crippen LogP contribution in [0.2, 0.25) is 0 Å². The summed E-state index contributed by atoms with van der Waals surface area (Å²) >= 11 is 0. The number of para-hydroxylation sites is 1. The first-order valence-electron chi connectivity index (χ1n) is 16.8. The van der Waals surface area contributed by atoms with Crippen molar-refractivity contribution in [3.8, 4) is 5.75 Å². The molecular weight excluding hydrogens is 574 g/mol. The molecule has 0 radical (unpaired) electrons. The summed E-state index contributed by atoms with van der Waals surface area (Å²) in [7, 11) is 0. The van der Waals surface area contributed by atoms with Gasteiger partial charge in [-0.15, -0.1) is 0 Å². The quantitative estimate of drug-likeness (QED) is 0.346. The van der Waals surface area contributed by atoms with Gasteiger partial charge in [-0.05, 0) is 49.6 Å². The maximum atomic E-state index is 14.7. The van der Waals surface area contributed by atoms with E-state index in [0.29, 0.717) is 26.1 Å². The van der Waals surface area contributed by atoms with Crippen LogP contribution in [-0.4, -0.2) is 89.1 Å². The van der Waals surface area contributed by atoms with Gasteiger partial charge in [0.2, 0.25) is 17.7 Å². The van der Waals surface area contributed by atoms with Gasteiger partial charge >= 0.3 is 6.09 Å². The monoisotopic (exact) mass is 625 g/mol. The van der Waals surface area contributed by atoms with Crippen LogP contribution in [0.25, 0.3) is 0 Å². The van der Waals surface area contributed by atoms with Gasteiger partial charge in [-0.1, -0.05) is 65.2 Å². The molecule has 1 saturated carbocycles. The lowest BCUT2D eigenvalue weighted by Gasteiger charge is -2.45. The van der Waals surface area contributed by atoms with Crippen molar-refractivity contribution >= 4 is 23.8 Å². The number of hydrogen-bond donors (Lipinski definition) is 4. The molecule has 1 aliphatic carbocycles. The molecule has 6 atom stereocenters. The number of rotatable bonds is 8. The van der Waals surface area contributed by atoms with Crippen LogP contribution in [-0.2, 0) is 14.4 Å². The highest BCUT2D eigenvalue weighted by atomic mass is 16.5. The van der Waals surface area contributed by atoms with E-state index in [0.717, 1.165) is 62.8 Å². The van der Waals surface area contributed by atoms with Gasteiger partial charge in [-0.2, -0.15) is 0 Å². The van der Waals surface area contributed by atoms with Gasteiger partial charge in [0.05, 0.1) is 18.6 Å². The van der Waals surface area contributed by atoms with E-state index in [4.69, 9.17) is 4.74 Å². The van der Waals surface area contributed by atoms with E-state index < -0.39 is 35.6 Å². The number of nitrogens with zero attached hydrogens (tertiary/aromatic N) is 2. The smallest absolute Gasteiger partial charge is 0.404 e. The maximum Gasteiger partial charge on any atom is 0.404 e. The second kappa shape index (κ2) is 14.0. The zero-order valence-electron chi connectivity index (χ0n) is 27.2. The number of fused-ring (bicyclic) bond motifs is 2. The minimum Gasteiger partial charge on any atom is -0.493 e. The van der Waals surface area contributed by atoms with Crippen LogP contribution in [0.5, 0.6) is 5.75 Å². The van der Waals surface area contributed by atoms with Crippen LogP contribution in [0.4, 0.5) is 4.79 Å². The standard InChI is InChI=1S/C34H51N5O6/c1-21(29(34(2,3)4)37-33(43)44)30(40)36-28(22-11-6-5-7-12-22)32(42)39-19-23-13-10-17-38(23)20-26(39)31(41)35-25-16-18-45-27-15-9-8-14-24(25)27/h8-9,14-15,21-23,25-26,28-29,37H,5-7,10-13,16-20H2,1-4H3,(H,35,41)(H,36,40)(H,43,44)/t21-,23+,25+,26-,28-,29?/m0/s1. The Balaban J connectivity index is 1.39. The fraction of sp³-hybridized carbons (Fsp3) is 0.706. The largest absolute Gasteiger partial charge is 0.493 e. The topological polar surface area (TPSA) is 140 Å². The van der Waals surface area contributed by atoms with E-state index in [1.807, 2.05) is 45.0 Å². The van der Waals surface area contributed by atoms with Crippen molar-refractivity contribution in [2.24, 2.45) is 17.3 Å². The van der Waals surface area contributed by atoms with Crippen molar-refractivity contribution in [3.05, 3.63) is 29.8 Å². The summed E-state index contributed by atoms with van der Waals surface area (Å²) in [6.07, 6.45) is 6.15. The fourth-order valence-corrected chi connectivity index (χ4v) is 7.93. The predicted molar refractivity (Wildman–Crippen MR) is 170 cm³/mol. The number of carboxylic acid groups (broad SMARTS) is 1. The van der Waals surface area contributed by atoms with E-state index >= 15 is 0 Å². The molecule has 4 aliphatic rings. The van der Waals surface area contributed by atoms with Gasteiger partial charge in [-0.25, -0.2) is 4.79 Å². The molecule has 1 aromatic rings. The molecule has 0 bridgehead atoms. The Kier molecular flexibility index (Phi) is 10.3. The average Bonchev–Trinajstić information content (AvgIpc) is 3.49. The lowest BCUT2D eigenvalue weighted by molar-refractivity contribution is -0.150. The molecule has 3 aliphatic heterocycles. The van der Waals surface area contributed by atoms with E-state index in [-0.39, 0.29) is 35.7 Å². The number of ether oxygens (including phenoxy) is 1. The Hall–Kier alpha value is -3.34. The molecule has 3 fully saturated rings. The first-order valence-corrected chi connectivity index (χ1v) is 16.8. The maximum absolute atomic E-state index is 14.7. The summed E-state index contributed by atoms with van der Waals surface area (Å²) in [5.41, 5.74) is 0.416. The number of nitrogens with one attached hydrogen (secondary N) is 3. The van der Waals surface area contributed by atoms with Crippen LogP contribution in [0.1, 0.15) is 90.7 Å². The third-order valence-electron chi connectivity index (χ3n) is 10.4. The molecule has 0 aromatic heterocycles.